The highest BCUT2D eigenvalue weighted by Gasteiger charge is 2.34. The second-order valence-electron chi connectivity index (χ2n) is 6.80. The molecule has 0 amide bonds. The number of halogens is 1. The highest BCUT2D eigenvalue weighted by molar-refractivity contribution is 5.74. The molecule has 2 aromatic heterocycles. The Hall–Kier alpha value is -2.74. The van der Waals surface area contributed by atoms with E-state index in [0.717, 1.165) is 18.5 Å². The van der Waals surface area contributed by atoms with Gasteiger partial charge >= 0.3 is 0 Å². The van der Waals surface area contributed by atoms with Crippen molar-refractivity contribution < 1.29 is 13.5 Å². The van der Waals surface area contributed by atoms with Crippen LogP contribution in [0.25, 0.3) is 11.1 Å². The zero-order valence-electron chi connectivity index (χ0n) is 13.9. The van der Waals surface area contributed by atoms with Crippen molar-refractivity contribution in [2.75, 3.05) is 18.5 Å². The average Bonchev–Trinajstić information content (AvgIpc) is 3.25. The maximum atomic E-state index is 13.3. The first-order chi connectivity index (χ1) is 12.7. The summed E-state index contributed by atoms with van der Waals surface area (Å²) in [6, 6.07) is 7.37. The fraction of sp³-hybridized carbons (Fsp3) is 0.389. The number of rotatable bonds is 4. The van der Waals surface area contributed by atoms with Gasteiger partial charge in [0.25, 0.3) is 11.6 Å². The Morgan fingerprint density at radius 1 is 1.19 bits per heavy atom. The van der Waals surface area contributed by atoms with Gasteiger partial charge in [-0.1, -0.05) is 0 Å². The largest absolute Gasteiger partial charge is 0.423 e. The molecule has 1 aromatic carbocycles. The molecule has 2 atom stereocenters. The molecule has 0 radical (unpaired) electrons. The van der Waals surface area contributed by atoms with Crippen LogP contribution in [0.2, 0.25) is 0 Å². The molecule has 1 aliphatic carbocycles. The van der Waals surface area contributed by atoms with Crippen LogP contribution >= 0.6 is 0 Å². The number of ether oxygens (including phenoxy) is 1. The van der Waals surface area contributed by atoms with Crippen LogP contribution < -0.4 is 10.9 Å². The quantitative estimate of drug-likeness (QED) is 0.773. The summed E-state index contributed by atoms with van der Waals surface area (Å²) in [5.41, 5.74) is 1.73. The van der Waals surface area contributed by atoms with Crippen LogP contribution in [0.3, 0.4) is 0 Å². The molecule has 1 N–H and O–H groups in total. The molecular formula is C18H17FN4O3. The van der Waals surface area contributed by atoms with Crippen molar-refractivity contribution in [1.82, 2.24) is 14.8 Å². The van der Waals surface area contributed by atoms with Gasteiger partial charge in [0.2, 0.25) is 0 Å². The zero-order valence-corrected chi connectivity index (χ0v) is 13.9. The van der Waals surface area contributed by atoms with Crippen molar-refractivity contribution in [3.8, 4) is 0 Å². The summed E-state index contributed by atoms with van der Waals surface area (Å²) >= 11 is 0. The van der Waals surface area contributed by atoms with Gasteiger partial charge in [0.15, 0.2) is 5.58 Å². The Morgan fingerprint density at radius 2 is 2.08 bits per heavy atom. The summed E-state index contributed by atoms with van der Waals surface area (Å²) in [5, 5.41) is 7.71. The molecule has 7 nitrogen and oxygen atoms in total. The Bertz CT molecular complexity index is 1030. The van der Waals surface area contributed by atoms with E-state index in [1.54, 1.807) is 12.1 Å². The van der Waals surface area contributed by atoms with E-state index in [1.165, 1.54) is 16.8 Å². The van der Waals surface area contributed by atoms with Gasteiger partial charge in [-0.15, -0.1) is 0 Å². The number of anilines is 1. The van der Waals surface area contributed by atoms with E-state index in [9.17, 15) is 9.18 Å². The standard InChI is InChI=1S/C18H17FN4O3/c19-11-3-4-13-16(7-11)26-18(20-13)21-14-8-25-9-15(14)23-17(24)6-5-12(22-23)10-1-2-10/h3-7,10,14-15H,1-2,8-9H2,(H,20,21). The van der Waals surface area contributed by atoms with Crippen molar-refractivity contribution >= 4 is 17.1 Å². The molecule has 1 saturated carbocycles. The second-order valence-corrected chi connectivity index (χ2v) is 6.80. The molecule has 3 heterocycles. The number of oxazole rings is 1. The van der Waals surface area contributed by atoms with E-state index in [0.29, 0.717) is 30.2 Å². The number of fused-ring (bicyclic) bond motifs is 1. The summed E-state index contributed by atoms with van der Waals surface area (Å²) < 4.78 is 26.0. The molecule has 2 unspecified atom stereocenters. The zero-order chi connectivity index (χ0) is 17.7. The van der Waals surface area contributed by atoms with Crippen molar-refractivity contribution in [2.45, 2.75) is 30.8 Å². The van der Waals surface area contributed by atoms with Crippen molar-refractivity contribution in [3.63, 3.8) is 0 Å². The van der Waals surface area contributed by atoms with Gasteiger partial charge in [-0.2, -0.15) is 10.1 Å². The first-order valence-corrected chi connectivity index (χ1v) is 8.67. The summed E-state index contributed by atoms with van der Waals surface area (Å²) in [4.78, 5) is 16.6. The maximum absolute atomic E-state index is 13.3. The molecular weight excluding hydrogens is 339 g/mol. The second kappa shape index (κ2) is 5.91. The van der Waals surface area contributed by atoms with Crippen molar-refractivity contribution in [3.05, 3.63) is 52.2 Å². The summed E-state index contributed by atoms with van der Waals surface area (Å²) in [7, 11) is 0. The third-order valence-electron chi connectivity index (χ3n) is 4.87. The lowest BCUT2D eigenvalue weighted by Crippen LogP contribution is -2.37. The van der Waals surface area contributed by atoms with Gasteiger partial charge in [0, 0.05) is 18.1 Å². The third kappa shape index (κ3) is 2.76. The monoisotopic (exact) mass is 356 g/mol. The van der Waals surface area contributed by atoms with Crippen molar-refractivity contribution in [1.29, 1.82) is 0 Å². The highest BCUT2D eigenvalue weighted by Crippen LogP contribution is 2.38. The lowest BCUT2D eigenvalue weighted by Gasteiger charge is -2.19. The molecule has 0 bridgehead atoms. The van der Waals surface area contributed by atoms with Gasteiger partial charge in [0.05, 0.1) is 24.9 Å². The van der Waals surface area contributed by atoms with E-state index < -0.39 is 0 Å². The van der Waals surface area contributed by atoms with Crippen LogP contribution in [0.1, 0.15) is 30.5 Å². The van der Waals surface area contributed by atoms with Crippen LogP contribution in [0, 0.1) is 5.82 Å². The lowest BCUT2D eigenvalue weighted by atomic mass is 10.1. The van der Waals surface area contributed by atoms with Gasteiger partial charge in [-0.05, 0) is 31.0 Å². The van der Waals surface area contributed by atoms with Gasteiger partial charge in [0.1, 0.15) is 17.4 Å². The minimum Gasteiger partial charge on any atom is -0.423 e. The molecule has 5 rings (SSSR count). The molecule has 3 aromatic rings. The normalized spacial score (nSPS) is 22.8. The van der Waals surface area contributed by atoms with E-state index in [-0.39, 0.29) is 29.5 Å². The Morgan fingerprint density at radius 3 is 2.92 bits per heavy atom. The molecule has 2 aliphatic rings. The molecule has 8 heteroatoms. The van der Waals surface area contributed by atoms with E-state index >= 15 is 0 Å². The topological polar surface area (TPSA) is 82.2 Å². The first-order valence-electron chi connectivity index (χ1n) is 8.67. The fourth-order valence-corrected chi connectivity index (χ4v) is 3.32. The highest BCUT2D eigenvalue weighted by atomic mass is 19.1. The van der Waals surface area contributed by atoms with Crippen molar-refractivity contribution in [2.24, 2.45) is 0 Å². The molecule has 2 fully saturated rings. The third-order valence-corrected chi connectivity index (χ3v) is 4.87. The fourth-order valence-electron chi connectivity index (χ4n) is 3.32. The van der Waals surface area contributed by atoms with Gasteiger partial charge < -0.3 is 14.5 Å². The number of nitrogens with zero attached hydrogens (tertiary/aromatic N) is 3. The van der Waals surface area contributed by atoms with Crippen LogP contribution in [0.4, 0.5) is 10.4 Å². The first kappa shape index (κ1) is 15.5. The van der Waals surface area contributed by atoms with Gasteiger partial charge in [-0.3, -0.25) is 4.79 Å². The smallest absolute Gasteiger partial charge is 0.296 e. The lowest BCUT2D eigenvalue weighted by molar-refractivity contribution is 0.182. The SMILES string of the molecule is O=c1ccc(C2CC2)nn1C1COCC1Nc1nc2ccc(F)cc2o1. The summed E-state index contributed by atoms with van der Waals surface area (Å²) in [6.45, 7) is 0.785. The Labute approximate surface area is 147 Å². The minimum atomic E-state index is -0.380. The number of hydrogen-bond donors (Lipinski definition) is 1. The Balaban J connectivity index is 1.43. The average molecular weight is 356 g/mol. The van der Waals surface area contributed by atoms with Crippen LogP contribution in [0.15, 0.2) is 39.5 Å². The Kier molecular flexibility index (Phi) is 3.53. The summed E-state index contributed by atoms with van der Waals surface area (Å²) in [6.07, 6.45) is 2.24. The number of hydrogen-bond acceptors (Lipinski definition) is 6. The molecule has 26 heavy (non-hydrogen) atoms. The predicted molar refractivity (Wildman–Crippen MR) is 91.7 cm³/mol. The van der Waals surface area contributed by atoms with Crippen LogP contribution in [-0.2, 0) is 4.74 Å². The van der Waals surface area contributed by atoms with Crippen LogP contribution in [-0.4, -0.2) is 34.0 Å². The molecule has 0 spiro atoms. The number of aromatic nitrogens is 3. The summed E-state index contributed by atoms with van der Waals surface area (Å²) in [5.74, 6) is 0.0810. The number of nitrogens with one attached hydrogen (secondary N) is 1. The predicted octanol–water partition coefficient (Wildman–Crippen LogP) is 2.45. The molecule has 1 aliphatic heterocycles. The molecule has 134 valence electrons. The van der Waals surface area contributed by atoms with Gasteiger partial charge in [-0.25, -0.2) is 9.07 Å². The van der Waals surface area contributed by atoms with E-state index in [4.69, 9.17) is 9.15 Å². The maximum Gasteiger partial charge on any atom is 0.296 e. The van der Waals surface area contributed by atoms with E-state index in [2.05, 4.69) is 15.4 Å². The van der Waals surface area contributed by atoms with E-state index in [1.807, 2.05) is 6.07 Å². The molecule has 1 saturated heterocycles. The number of benzene rings is 1. The minimum absolute atomic E-state index is 0.156. The van der Waals surface area contributed by atoms with Crippen LogP contribution in [0.5, 0.6) is 0 Å².